The van der Waals surface area contributed by atoms with Gasteiger partial charge < -0.3 is 10.2 Å². The molecule has 4 aliphatic rings. The van der Waals surface area contributed by atoms with E-state index in [-0.39, 0.29) is 5.91 Å². The largest absolute Gasteiger partial charge is 0.383 e. The first-order valence-electron chi connectivity index (χ1n) is 16.7. The summed E-state index contributed by atoms with van der Waals surface area (Å²) >= 11 is 0. The van der Waals surface area contributed by atoms with E-state index >= 15 is 0 Å². The molecule has 0 bridgehead atoms. The Kier molecular flexibility index (Phi) is 9.78. The average Bonchev–Trinajstić information content (AvgIpc) is 3.30. The highest BCUT2D eigenvalue weighted by Crippen LogP contribution is 2.41. The first-order chi connectivity index (χ1) is 21.5. The summed E-state index contributed by atoms with van der Waals surface area (Å²) in [6, 6.07) is 10.7. The molecule has 0 aromatic heterocycles. The van der Waals surface area contributed by atoms with Crippen molar-refractivity contribution in [1.29, 1.82) is 0 Å². The number of amides is 1. The van der Waals surface area contributed by atoms with E-state index in [4.69, 9.17) is 0 Å². The van der Waals surface area contributed by atoms with Gasteiger partial charge in [0.15, 0.2) is 0 Å². The third-order valence-corrected chi connectivity index (χ3v) is 13.3. The lowest BCUT2D eigenvalue weighted by Gasteiger charge is -2.38. The minimum Gasteiger partial charge on any atom is -0.383 e. The summed E-state index contributed by atoms with van der Waals surface area (Å²) < 4.78 is 50.7. The monoisotopic (exact) mass is 659 g/mol. The molecule has 1 N–H and O–H groups in total. The van der Waals surface area contributed by atoms with Crippen LogP contribution in [0.5, 0.6) is 0 Å². The molecule has 248 valence electrons. The molecule has 45 heavy (non-hydrogen) atoms. The molecule has 6 rings (SSSR count). The zero-order valence-electron chi connectivity index (χ0n) is 26.8. The second-order valence-corrected chi connectivity index (χ2v) is 17.6. The minimum atomic E-state index is -3.14. The van der Waals surface area contributed by atoms with E-state index in [2.05, 4.69) is 28.4 Å². The quantitative estimate of drug-likeness (QED) is 0.385. The highest BCUT2D eigenvalue weighted by Gasteiger charge is 2.33. The van der Waals surface area contributed by atoms with Gasteiger partial charge in [-0.2, -0.15) is 0 Å². The van der Waals surface area contributed by atoms with Crippen molar-refractivity contribution in [3.05, 3.63) is 35.9 Å². The standard InChI is InChI=1S/C33H49N5O5S2/c1-44(40,41)36-19-12-25(13-20-36)11-18-35-17-4-3-6-27(35)24-34-30-9-10-31-32-28(30)7-5-8-29(32)33(39)38(31)23-16-26-14-21-37(22-15-26)45(2,42)43/h5,7-10,25-27,34H,3-4,6,11-24H2,1-2H3. The van der Waals surface area contributed by atoms with E-state index in [0.717, 1.165) is 92.3 Å². The van der Waals surface area contributed by atoms with E-state index in [1.54, 1.807) is 8.61 Å². The Hall–Kier alpha value is -2.25. The van der Waals surface area contributed by atoms with Crippen LogP contribution in [0.3, 0.4) is 0 Å². The smallest absolute Gasteiger partial charge is 0.258 e. The van der Waals surface area contributed by atoms with Crippen LogP contribution in [0.1, 0.15) is 68.1 Å². The van der Waals surface area contributed by atoms with Gasteiger partial charge in [-0.1, -0.05) is 18.6 Å². The summed E-state index contributed by atoms with van der Waals surface area (Å²) in [6.45, 7) is 6.06. The number of sulfonamides is 2. The molecule has 0 saturated carbocycles. The molecule has 2 aromatic carbocycles. The normalized spacial score (nSPS) is 23.3. The van der Waals surface area contributed by atoms with E-state index in [1.807, 2.05) is 17.0 Å². The molecule has 4 aliphatic heterocycles. The zero-order valence-corrected chi connectivity index (χ0v) is 28.4. The predicted octanol–water partition coefficient (Wildman–Crippen LogP) is 4.19. The van der Waals surface area contributed by atoms with E-state index in [9.17, 15) is 21.6 Å². The summed E-state index contributed by atoms with van der Waals surface area (Å²) in [7, 11) is -6.23. The molecule has 4 heterocycles. The number of carbonyl (C=O) groups is 1. The van der Waals surface area contributed by atoms with Crippen molar-refractivity contribution in [1.82, 2.24) is 13.5 Å². The molecule has 0 aliphatic carbocycles. The molecule has 1 unspecified atom stereocenters. The molecular weight excluding hydrogens is 611 g/mol. The van der Waals surface area contributed by atoms with Crippen molar-refractivity contribution < 1.29 is 21.6 Å². The maximum atomic E-state index is 13.5. The van der Waals surface area contributed by atoms with Gasteiger partial charge in [0.05, 0.1) is 18.2 Å². The van der Waals surface area contributed by atoms with Crippen molar-refractivity contribution >= 4 is 48.1 Å². The van der Waals surface area contributed by atoms with Crippen molar-refractivity contribution in [2.75, 3.05) is 75.1 Å². The van der Waals surface area contributed by atoms with Crippen LogP contribution in [0.4, 0.5) is 11.4 Å². The third kappa shape index (κ3) is 7.35. The van der Waals surface area contributed by atoms with E-state index < -0.39 is 20.0 Å². The fourth-order valence-corrected chi connectivity index (χ4v) is 9.70. The Morgan fingerprint density at radius 3 is 2.00 bits per heavy atom. The fraction of sp³-hybridized carbons (Fsp3) is 0.667. The van der Waals surface area contributed by atoms with Gasteiger partial charge in [0.2, 0.25) is 20.0 Å². The van der Waals surface area contributed by atoms with Gasteiger partial charge in [0.1, 0.15) is 0 Å². The lowest BCUT2D eigenvalue weighted by atomic mass is 9.93. The maximum absolute atomic E-state index is 13.5. The fourth-order valence-electron chi connectivity index (χ4n) is 7.95. The minimum absolute atomic E-state index is 0.0575. The first kappa shape index (κ1) is 32.7. The summed E-state index contributed by atoms with van der Waals surface area (Å²) in [4.78, 5) is 18.1. The first-order valence-corrected chi connectivity index (χ1v) is 20.4. The number of nitrogens with one attached hydrogen (secondary N) is 1. The van der Waals surface area contributed by atoms with Crippen molar-refractivity contribution in [2.24, 2.45) is 11.8 Å². The molecule has 2 aromatic rings. The third-order valence-electron chi connectivity index (χ3n) is 10.7. The number of piperidine rings is 3. The molecular formula is C33H49N5O5S2. The van der Waals surface area contributed by atoms with Gasteiger partial charge >= 0.3 is 0 Å². The lowest BCUT2D eigenvalue weighted by Crippen LogP contribution is -2.45. The zero-order chi connectivity index (χ0) is 31.8. The number of hydrogen-bond acceptors (Lipinski definition) is 7. The molecule has 3 saturated heterocycles. The second-order valence-electron chi connectivity index (χ2n) is 13.7. The van der Waals surface area contributed by atoms with Crippen LogP contribution in [-0.2, 0) is 20.0 Å². The van der Waals surface area contributed by atoms with Gasteiger partial charge in [-0.05, 0) is 94.5 Å². The SMILES string of the molecule is CS(=O)(=O)N1CCC(CCN2C(=O)c3cccc4c(NCC5CCCCN5CCC5CCN(S(C)(=O)=O)CC5)ccc2c34)CC1. The van der Waals surface area contributed by atoms with Crippen LogP contribution in [0, 0.1) is 11.8 Å². The van der Waals surface area contributed by atoms with Gasteiger partial charge in [-0.3, -0.25) is 9.69 Å². The van der Waals surface area contributed by atoms with E-state index in [0.29, 0.717) is 50.6 Å². The predicted molar refractivity (Wildman–Crippen MR) is 181 cm³/mol. The summed E-state index contributed by atoms with van der Waals surface area (Å²) in [5, 5.41) is 5.87. The van der Waals surface area contributed by atoms with Crippen LogP contribution in [-0.4, -0.2) is 107 Å². The van der Waals surface area contributed by atoms with Gasteiger partial charge in [-0.25, -0.2) is 25.4 Å². The number of likely N-dealkylation sites (tertiary alicyclic amines) is 1. The Morgan fingerprint density at radius 1 is 0.756 bits per heavy atom. The number of carbonyl (C=O) groups excluding carboxylic acids is 1. The summed E-state index contributed by atoms with van der Waals surface area (Å²) in [6.07, 6.45) is 11.8. The maximum Gasteiger partial charge on any atom is 0.258 e. The number of anilines is 2. The van der Waals surface area contributed by atoms with Crippen LogP contribution in [0.25, 0.3) is 10.8 Å². The van der Waals surface area contributed by atoms with Gasteiger partial charge in [-0.15, -0.1) is 0 Å². The highest BCUT2D eigenvalue weighted by atomic mass is 32.2. The van der Waals surface area contributed by atoms with Crippen LogP contribution in [0.15, 0.2) is 30.3 Å². The van der Waals surface area contributed by atoms with Crippen LogP contribution < -0.4 is 10.2 Å². The Labute approximate surface area is 269 Å². The molecule has 0 radical (unpaired) electrons. The van der Waals surface area contributed by atoms with Crippen molar-refractivity contribution in [2.45, 2.75) is 63.8 Å². The number of rotatable bonds is 11. The lowest BCUT2D eigenvalue weighted by molar-refractivity contribution is 0.0991. The number of benzene rings is 2. The topological polar surface area (TPSA) is 110 Å². The Morgan fingerprint density at radius 2 is 1.38 bits per heavy atom. The van der Waals surface area contributed by atoms with Gasteiger partial charge in [0.25, 0.3) is 5.91 Å². The van der Waals surface area contributed by atoms with Crippen molar-refractivity contribution in [3.8, 4) is 0 Å². The van der Waals surface area contributed by atoms with Crippen molar-refractivity contribution in [3.63, 3.8) is 0 Å². The summed E-state index contributed by atoms with van der Waals surface area (Å²) in [5.74, 6) is 1.05. The number of nitrogens with zero attached hydrogens (tertiary/aromatic N) is 4. The molecule has 10 nitrogen and oxygen atoms in total. The molecule has 1 atom stereocenters. The highest BCUT2D eigenvalue weighted by molar-refractivity contribution is 7.88. The van der Waals surface area contributed by atoms with Crippen LogP contribution >= 0.6 is 0 Å². The second kappa shape index (κ2) is 13.5. The molecule has 1 amide bonds. The molecule has 3 fully saturated rings. The Bertz CT molecular complexity index is 1600. The van der Waals surface area contributed by atoms with E-state index in [1.165, 1.54) is 25.4 Å². The summed E-state index contributed by atoms with van der Waals surface area (Å²) in [5.41, 5.74) is 2.81. The van der Waals surface area contributed by atoms with Crippen LogP contribution in [0.2, 0.25) is 0 Å². The molecule has 12 heteroatoms. The van der Waals surface area contributed by atoms with Gasteiger partial charge in [0, 0.05) is 67.3 Å². The Balaban J connectivity index is 1.06. The molecule has 0 spiro atoms. The average molecular weight is 660 g/mol. The number of hydrogen-bond donors (Lipinski definition) is 1.